The molecule has 0 bridgehead atoms. The maximum Gasteiger partial charge on any atom is 0.338 e. The summed E-state index contributed by atoms with van der Waals surface area (Å²) in [4.78, 5) is 10.5. The Morgan fingerprint density at radius 1 is 1.38 bits per heavy atom. The molecule has 1 aromatic rings. The highest BCUT2D eigenvalue weighted by molar-refractivity contribution is 7.80. The van der Waals surface area contributed by atoms with Gasteiger partial charge in [-0.3, -0.25) is 0 Å². The van der Waals surface area contributed by atoms with Crippen molar-refractivity contribution in [3.63, 3.8) is 0 Å². The van der Waals surface area contributed by atoms with E-state index in [9.17, 15) is 18.0 Å². The summed E-state index contributed by atoms with van der Waals surface area (Å²) >= 11 is 4.31. The molecular formula is C8H5F3N2O2S. The van der Waals surface area contributed by atoms with Crippen molar-refractivity contribution in [3.8, 4) is 0 Å². The van der Waals surface area contributed by atoms with Crippen molar-refractivity contribution in [2.75, 3.05) is 5.32 Å². The number of nitrogens with two attached hydrogens (primary N) is 1. The summed E-state index contributed by atoms with van der Waals surface area (Å²) in [6.45, 7) is 0. The molecule has 0 radical (unpaired) electrons. The fourth-order valence-corrected chi connectivity index (χ4v) is 1.09. The van der Waals surface area contributed by atoms with Gasteiger partial charge in [0, 0.05) is 0 Å². The Bertz CT molecular complexity index is 479. The van der Waals surface area contributed by atoms with E-state index in [0.717, 1.165) is 0 Å². The topological polar surface area (TPSA) is 75.3 Å². The summed E-state index contributed by atoms with van der Waals surface area (Å²) < 4.78 is 39.3. The Kier molecular flexibility index (Phi) is 3.33. The molecular weight excluding hydrogens is 245 g/mol. The molecule has 4 N–H and O–H groups in total. The molecule has 0 atom stereocenters. The van der Waals surface area contributed by atoms with Gasteiger partial charge in [0.05, 0.1) is 0 Å². The molecule has 0 saturated heterocycles. The minimum absolute atomic E-state index is 0.234. The highest BCUT2D eigenvalue weighted by Crippen LogP contribution is 2.24. The van der Waals surface area contributed by atoms with Crippen LogP contribution < -0.4 is 11.1 Å². The first-order chi connectivity index (χ1) is 7.34. The Morgan fingerprint density at radius 3 is 2.38 bits per heavy atom. The molecule has 1 rings (SSSR count). The lowest BCUT2D eigenvalue weighted by Crippen LogP contribution is -2.22. The molecule has 0 aliphatic heterocycles. The third-order valence-corrected chi connectivity index (χ3v) is 1.74. The fraction of sp³-hybridized carbons (Fsp3) is 0. The van der Waals surface area contributed by atoms with Crippen molar-refractivity contribution >= 4 is 29.0 Å². The Morgan fingerprint density at radius 2 is 1.94 bits per heavy atom. The summed E-state index contributed by atoms with van der Waals surface area (Å²) in [6.07, 6.45) is 0. The predicted octanol–water partition coefficient (Wildman–Crippen LogP) is 1.46. The zero-order chi connectivity index (χ0) is 12.5. The minimum atomic E-state index is -1.73. The quantitative estimate of drug-likeness (QED) is 0.547. The number of carbonyl (C=O) groups is 1. The van der Waals surface area contributed by atoms with Crippen LogP contribution in [0.15, 0.2) is 6.07 Å². The van der Waals surface area contributed by atoms with E-state index in [1.807, 2.05) is 5.32 Å². The van der Waals surface area contributed by atoms with Gasteiger partial charge in [-0.2, -0.15) is 0 Å². The van der Waals surface area contributed by atoms with Crippen LogP contribution in [-0.4, -0.2) is 16.2 Å². The number of benzene rings is 1. The molecule has 0 fully saturated rings. The third-order valence-electron chi connectivity index (χ3n) is 1.63. The van der Waals surface area contributed by atoms with Crippen LogP contribution in [0.2, 0.25) is 0 Å². The molecule has 8 heteroatoms. The summed E-state index contributed by atoms with van der Waals surface area (Å²) in [7, 11) is 0. The van der Waals surface area contributed by atoms with Gasteiger partial charge in [0.2, 0.25) is 0 Å². The van der Waals surface area contributed by atoms with E-state index in [0.29, 0.717) is 0 Å². The number of carboxylic acid groups (broad SMARTS) is 1. The lowest BCUT2D eigenvalue weighted by Gasteiger charge is -2.09. The monoisotopic (exact) mass is 250 g/mol. The summed E-state index contributed by atoms with van der Waals surface area (Å²) in [5.41, 5.74) is 2.92. The zero-order valence-electron chi connectivity index (χ0n) is 7.55. The lowest BCUT2D eigenvalue weighted by molar-refractivity contribution is 0.0691. The maximum absolute atomic E-state index is 13.4. The molecule has 0 amide bonds. The van der Waals surface area contributed by atoms with Crippen molar-refractivity contribution in [1.29, 1.82) is 0 Å². The molecule has 0 aromatic heterocycles. The van der Waals surface area contributed by atoms with Gasteiger partial charge in [0.1, 0.15) is 11.3 Å². The molecule has 0 aliphatic rings. The lowest BCUT2D eigenvalue weighted by atomic mass is 10.1. The second kappa shape index (κ2) is 4.35. The molecule has 0 unspecified atom stereocenters. The third kappa shape index (κ3) is 2.22. The summed E-state index contributed by atoms with van der Waals surface area (Å²) in [6, 6.07) is 0.234. The van der Waals surface area contributed by atoms with Crippen molar-refractivity contribution in [2.24, 2.45) is 5.73 Å². The number of halogens is 3. The van der Waals surface area contributed by atoms with Crippen LogP contribution in [0.3, 0.4) is 0 Å². The van der Waals surface area contributed by atoms with Crippen LogP contribution >= 0.6 is 12.2 Å². The van der Waals surface area contributed by atoms with Crippen LogP contribution in [0.4, 0.5) is 18.9 Å². The van der Waals surface area contributed by atoms with Crippen molar-refractivity contribution < 1.29 is 23.1 Å². The first-order valence-electron chi connectivity index (χ1n) is 3.81. The maximum atomic E-state index is 13.4. The van der Waals surface area contributed by atoms with Crippen LogP contribution in [0.5, 0.6) is 0 Å². The number of aromatic carboxylic acids is 1. The van der Waals surface area contributed by atoms with E-state index >= 15 is 0 Å². The van der Waals surface area contributed by atoms with Crippen LogP contribution in [-0.2, 0) is 0 Å². The van der Waals surface area contributed by atoms with E-state index < -0.39 is 39.8 Å². The normalized spacial score (nSPS) is 9.94. The smallest absolute Gasteiger partial charge is 0.338 e. The standard InChI is InChI=1S/C8H5F3N2O2S/c9-3-1-2(7(14)15)4(10)6(5(3)11)13-8(12)16/h1H,(H,14,15)(H3,12,13,16). The van der Waals surface area contributed by atoms with Crippen LogP contribution in [0.25, 0.3) is 0 Å². The fourth-order valence-electron chi connectivity index (χ4n) is 0.992. The van der Waals surface area contributed by atoms with Crippen molar-refractivity contribution in [2.45, 2.75) is 0 Å². The number of anilines is 1. The predicted molar refractivity (Wildman–Crippen MR) is 53.7 cm³/mol. The second-order valence-electron chi connectivity index (χ2n) is 2.70. The molecule has 86 valence electrons. The van der Waals surface area contributed by atoms with Gasteiger partial charge in [-0.1, -0.05) is 0 Å². The molecule has 16 heavy (non-hydrogen) atoms. The highest BCUT2D eigenvalue weighted by atomic mass is 32.1. The number of thiocarbonyl (C=S) groups is 1. The Labute approximate surface area is 92.9 Å². The van der Waals surface area contributed by atoms with Crippen molar-refractivity contribution in [3.05, 3.63) is 29.1 Å². The Hall–Kier alpha value is -1.83. The first-order valence-corrected chi connectivity index (χ1v) is 4.22. The van der Waals surface area contributed by atoms with Crippen LogP contribution in [0, 0.1) is 17.5 Å². The molecule has 4 nitrogen and oxygen atoms in total. The van der Waals surface area contributed by atoms with Gasteiger partial charge < -0.3 is 16.2 Å². The molecule has 1 aromatic carbocycles. The highest BCUT2D eigenvalue weighted by Gasteiger charge is 2.22. The largest absolute Gasteiger partial charge is 0.478 e. The second-order valence-corrected chi connectivity index (χ2v) is 3.14. The van der Waals surface area contributed by atoms with Crippen molar-refractivity contribution in [1.82, 2.24) is 0 Å². The van der Waals surface area contributed by atoms with Gasteiger partial charge in [-0.15, -0.1) is 0 Å². The van der Waals surface area contributed by atoms with E-state index in [1.165, 1.54) is 0 Å². The Balaban J connectivity index is 3.45. The number of hydrogen-bond acceptors (Lipinski definition) is 2. The first kappa shape index (κ1) is 12.2. The average molecular weight is 250 g/mol. The van der Waals surface area contributed by atoms with E-state index in [-0.39, 0.29) is 6.07 Å². The van der Waals surface area contributed by atoms with Crippen LogP contribution in [0.1, 0.15) is 10.4 Å². The van der Waals surface area contributed by atoms with E-state index in [1.54, 1.807) is 0 Å². The zero-order valence-corrected chi connectivity index (χ0v) is 8.37. The molecule has 0 spiro atoms. The SMILES string of the molecule is NC(=S)Nc1c(F)c(F)cc(C(=O)O)c1F. The summed E-state index contributed by atoms with van der Waals surface area (Å²) in [5.74, 6) is -6.31. The number of hydrogen-bond donors (Lipinski definition) is 3. The molecule has 0 aliphatic carbocycles. The number of carboxylic acids is 1. The average Bonchev–Trinajstić information content (AvgIpc) is 2.17. The van der Waals surface area contributed by atoms with Gasteiger partial charge >= 0.3 is 5.97 Å². The number of nitrogens with one attached hydrogen (secondary N) is 1. The molecule has 0 heterocycles. The molecule has 0 saturated carbocycles. The minimum Gasteiger partial charge on any atom is -0.478 e. The van der Waals surface area contributed by atoms with Gasteiger partial charge in [-0.05, 0) is 18.3 Å². The van der Waals surface area contributed by atoms with Gasteiger partial charge in [-0.25, -0.2) is 18.0 Å². The van der Waals surface area contributed by atoms with E-state index in [4.69, 9.17) is 10.8 Å². The van der Waals surface area contributed by atoms with E-state index in [2.05, 4.69) is 12.2 Å². The van der Waals surface area contributed by atoms with Gasteiger partial charge in [0.15, 0.2) is 22.6 Å². The number of rotatable bonds is 2. The van der Waals surface area contributed by atoms with Gasteiger partial charge in [0.25, 0.3) is 0 Å². The summed E-state index contributed by atoms with van der Waals surface area (Å²) in [5, 5.41) is 9.84.